The van der Waals surface area contributed by atoms with Crippen LogP contribution in [0.1, 0.15) is 31.6 Å². The van der Waals surface area contributed by atoms with E-state index in [1.807, 2.05) is 4.57 Å². The second-order valence-corrected chi connectivity index (χ2v) is 4.72. The number of aliphatic hydroxyl groups excluding tert-OH is 1. The number of hydrogen-bond acceptors (Lipinski definition) is 4. The molecule has 90 valence electrons. The van der Waals surface area contributed by atoms with E-state index in [0.717, 1.165) is 6.54 Å². The molecule has 1 aromatic rings. The summed E-state index contributed by atoms with van der Waals surface area (Å²) in [5.41, 5.74) is 0. The van der Waals surface area contributed by atoms with Gasteiger partial charge in [-0.05, 0) is 45.1 Å². The third-order valence-electron chi connectivity index (χ3n) is 3.08. The molecule has 16 heavy (non-hydrogen) atoms. The van der Waals surface area contributed by atoms with Crippen LogP contribution in [0.25, 0.3) is 0 Å². The maximum atomic E-state index is 9.18. The maximum absolute atomic E-state index is 9.18. The fraction of sp³-hybridized carbons (Fsp3) is 0.800. The van der Waals surface area contributed by atoms with Crippen LogP contribution in [0.15, 0.2) is 0 Å². The first-order chi connectivity index (χ1) is 7.72. The Kier molecular flexibility index (Phi) is 3.73. The van der Waals surface area contributed by atoms with Crippen molar-refractivity contribution in [3.63, 3.8) is 0 Å². The minimum Gasteiger partial charge on any atom is -0.388 e. The topological polar surface area (TPSA) is 57.1 Å². The van der Waals surface area contributed by atoms with Crippen molar-refractivity contribution in [2.45, 2.75) is 32.4 Å². The third-order valence-corrected chi connectivity index (χ3v) is 3.37. The van der Waals surface area contributed by atoms with Crippen molar-refractivity contribution in [1.82, 2.24) is 19.7 Å². The summed E-state index contributed by atoms with van der Waals surface area (Å²) in [6, 6.07) is 0.256. The number of hydrogen-bond donors (Lipinski definition) is 2. The maximum Gasteiger partial charge on any atom is 0.195 e. The van der Waals surface area contributed by atoms with Crippen molar-refractivity contribution in [1.29, 1.82) is 0 Å². The van der Waals surface area contributed by atoms with Gasteiger partial charge in [0.15, 0.2) is 10.6 Å². The van der Waals surface area contributed by atoms with Crippen molar-refractivity contribution >= 4 is 12.2 Å². The van der Waals surface area contributed by atoms with Gasteiger partial charge in [-0.1, -0.05) is 0 Å². The lowest BCUT2D eigenvalue weighted by Crippen LogP contribution is -2.28. The molecule has 0 amide bonds. The van der Waals surface area contributed by atoms with Crippen LogP contribution in [0.2, 0.25) is 0 Å². The van der Waals surface area contributed by atoms with E-state index in [1.54, 1.807) is 0 Å². The van der Waals surface area contributed by atoms with Crippen molar-refractivity contribution in [2.75, 3.05) is 19.6 Å². The summed E-state index contributed by atoms with van der Waals surface area (Å²) in [5.74, 6) is 0.622. The molecule has 2 N–H and O–H groups in total. The summed E-state index contributed by atoms with van der Waals surface area (Å²) in [6.45, 7) is 5.36. The van der Waals surface area contributed by atoms with Gasteiger partial charge in [0.05, 0.1) is 0 Å². The zero-order valence-electron chi connectivity index (χ0n) is 9.52. The van der Waals surface area contributed by atoms with Crippen LogP contribution in [-0.2, 0) is 6.61 Å². The first-order valence-electron chi connectivity index (χ1n) is 5.71. The highest BCUT2D eigenvalue weighted by Crippen LogP contribution is 2.15. The van der Waals surface area contributed by atoms with Crippen molar-refractivity contribution in [2.24, 2.45) is 0 Å². The normalized spacial score (nSPS) is 19.1. The highest BCUT2D eigenvalue weighted by atomic mass is 32.1. The molecule has 0 aliphatic carbocycles. The molecule has 1 atom stereocenters. The number of aromatic nitrogens is 3. The quantitative estimate of drug-likeness (QED) is 0.776. The summed E-state index contributed by atoms with van der Waals surface area (Å²) in [5, 5.41) is 15.9. The molecule has 5 nitrogen and oxygen atoms in total. The molecule has 0 bridgehead atoms. The van der Waals surface area contributed by atoms with E-state index in [4.69, 9.17) is 12.2 Å². The van der Waals surface area contributed by atoms with Crippen LogP contribution in [0, 0.1) is 4.77 Å². The Bertz CT molecular complexity index is 394. The minimum atomic E-state index is -0.0719. The monoisotopic (exact) mass is 242 g/mol. The molecular formula is C10H18N4OS. The Morgan fingerprint density at radius 3 is 2.81 bits per heavy atom. The van der Waals surface area contributed by atoms with E-state index in [2.05, 4.69) is 22.0 Å². The average Bonchev–Trinajstić information content (AvgIpc) is 2.87. The molecule has 2 heterocycles. The fourth-order valence-electron chi connectivity index (χ4n) is 2.32. The van der Waals surface area contributed by atoms with Crippen LogP contribution in [-0.4, -0.2) is 44.4 Å². The lowest BCUT2D eigenvalue weighted by atomic mass is 10.3. The van der Waals surface area contributed by atoms with Gasteiger partial charge in [0.25, 0.3) is 0 Å². The van der Waals surface area contributed by atoms with Crippen molar-refractivity contribution in [3.05, 3.63) is 10.6 Å². The van der Waals surface area contributed by atoms with Crippen LogP contribution < -0.4 is 0 Å². The minimum absolute atomic E-state index is 0.0719. The van der Waals surface area contributed by atoms with Crippen LogP contribution >= 0.6 is 12.2 Å². The third kappa shape index (κ3) is 2.34. The Hall–Kier alpha value is -0.720. The van der Waals surface area contributed by atoms with E-state index in [-0.39, 0.29) is 12.6 Å². The van der Waals surface area contributed by atoms with Gasteiger partial charge in [-0.15, -0.1) is 0 Å². The summed E-state index contributed by atoms with van der Waals surface area (Å²) in [7, 11) is 0. The molecule has 0 spiro atoms. The summed E-state index contributed by atoms with van der Waals surface area (Å²) in [6.07, 6.45) is 2.58. The van der Waals surface area contributed by atoms with Crippen LogP contribution in [0.5, 0.6) is 0 Å². The highest BCUT2D eigenvalue weighted by molar-refractivity contribution is 7.71. The molecule has 1 aliphatic heterocycles. The summed E-state index contributed by atoms with van der Waals surface area (Å²) >= 11 is 5.17. The zero-order chi connectivity index (χ0) is 11.5. The van der Waals surface area contributed by atoms with Gasteiger partial charge in [0.2, 0.25) is 0 Å². The second-order valence-electron chi connectivity index (χ2n) is 4.33. The first kappa shape index (κ1) is 11.8. The van der Waals surface area contributed by atoms with Gasteiger partial charge in [0.1, 0.15) is 6.61 Å². The zero-order valence-corrected chi connectivity index (χ0v) is 10.3. The van der Waals surface area contributed by atoms with E-state index >= 15 is 0 Å². The van der Waals surface area contributed by atoms with E-state index in [9.17, 15) is 5.11 Å². The van der Waals surface area contributed by atoms with E-state index in [1.165, 1.54) is 25.9 Å². The molecule has 2 rings (SSSR count). The van der Waals surface area contributed by atoms with Gasteiger partial charge in [0, 0.05) is 12.6 Å². The van der Waals surface area contributed by atoms with Crippen molar-refractivity contribution < 1.29 is 5.11 Å². The molecule has 6 heteroatoms. The fourth-order valence-corrected chi connectivity index (χ4v) is 2.65. The molecule has 1 aliphatic rings. The molecule has 1 unspecified atom stereocenters. The smallest absolute Gasteiger partial charge is 0.195 e. The molecule has 0 aromatic carbocycles. The number of aromatic amines is 1. The lowest BCUT2D eigenvalue weighted by molar-refractivity contribution is 0.245. The Morgan fingerprint density at radius 1 is 1.50 bits per heavy atom. The lowest BCUT2D eigenvalue weighted by Gasteiger charge is -2.21. The average molecular weight is 242 g/mol. The molecule has 0 radical (unpaired) electrons. The summed E-state index contributed by atoms with van der Waals surface area (Å²) in [4.78, 5) is 2.43. The van der Waals surface area contributed by atoms with Crippen LogP contribution in [0.4, 0.5) is 0 Å². The first-order valence-corrected chi connectivity index (χ1v) is 6.12. The Labute approximate surface area is 100 Å². The Balaban J connectivity index is 2.09. The molecule has 1 saturated heterocycles. The predicted molar refractivity (Wildman–Crippen MR) is 63.7 cm³/mol. The summed E-state index contributed by atoms with van der Waals surface area (Å²) < 4.78 is 2.50. The Morgan fingerprint density at radius 2 is 2.19 bits per heavy atom. The number of likely N-dealkylation sites (tertiary alicyclic amines) is 1. The van der Waals surface area contributed by atoms with Gasteiger partial charge < -0.3 is 10.0 Å². The number of aliphatic hydroxyl groups is 1. The second kappa shape index (κ2) is 5.07. The van der Waals surface area contributed by atoms with Crippen LogP contribution in [0.3, 0.4) is 0 Å². The van der Waals surface area contributed by atoms with Gasteiger partial charge in [-0.25, -0.2) is 0 Å². The van der Waals surface area contributed by atoms with E-state index in [0.29, 0.717) is 10.6 Å². The van der Waals surface area contributed by atoms with Gasteiger partial charge >= 0.3 is 0 Å². The molecule has 1 fully saturated rings. The predicted octanol–water partition coefficient (Wildman–Crippen LogP) is 1.09. The van der Waals surface area contributed by atoms with Gasteiger partial charge in [-0.2, -0.15) is 5.10 Å². The standard InChI is InChI=1S/C10H18N4OS/c1-8(6-13-4-2-3-5-13)14-9(7-15)11-12-10(14)16/h8,15H,2-7H2,1H3,(H,12,16). The van der Waals surface area contributed by atoms with Gasteiger partial charge in [-0.3, -0.25) is 9.67 Å². The number of H-pyrrole nitrogens is 1. The largest absolute Gasteiger partial charge is 0.388 e. The number of nitrogens with one attached hydrogen (secondary N) is 1. The highest BCUT2D eigenvalue weighted by Gasteiger charge is 2.18. The van der Waals surface area contributed by atoms with E-state index < -0.39 is 0 Å². The van der Waals surface area contributed by atoms with Crippen molar-refractivity contribution in [3.8, 4) is 0 Å². The molecule has 1 aromatic heterocycles. The number of nitrogens with zero attached hydrogens (tertiary/aromatic N) is 3. The SMILES string of the molecule is CC(CN1CCCC1)n1c(CO)n[nH]c1=S. The molecule has 0 saturated carbocycles. The number of rotatable bonds is 4. The molecular weight excluding hydrogens is 224 g/mol.